The second-order valence-electron chi connectivity index (χ2n) is 3.41. The first-order chi connectivity index (χ1) is 7.51. The fraction of sp³-hybridized carbons (Fsp3) is 0.333. The van der Waals surface area contributed by atoms with E-state index in [1.54, 1.807) is 6.07 Å². The Hall–Kier alpha value is -1.84. The number of hydrogen-bond donors (Lipinski definition) is 0. The number of carbonyl (C=O) groups is 2. The van der Waals surface area contributed by atoms with E-state index in [-0.39, 0.29) is 5.56 Å². The van der Waals surface area contributed by atoms with Gasteiger partial charge < -0.3 is 9.47 Å². The topological polar surface area (TPSA) is 52.6 Å². The lowest BCUT2D eigenvalue weighted by Gasteiger charge is -2.11. The highest BCUT2D eigenvalue weighted by Gasteiger charge is 2.18. The predicted octanol–water partition coefficient (Wildman–Crippen LogP) is 1.78. The summed E-state index contributed by atoms with van der Waals surface area (Å²) in [6.07, 6.45) is 0. The molecule has 0 N–H and O–H groups in total. The number of ether oxygens (including phenoxy) is 2. The zero-order valence-corrected chi connectivity index (χ0v) is 9.79. The molecule has 0 bridgehead atoms. The lowest BCUT2D eigenvalue weighted by Crippen LogP contribution is -2.11. The van der Waals surface area contributed by atoms with Gasteiger partial charge in [-0.1, -0.05) is 0 Å². The van der Waals surface area contributed by atoms with Crippen LogP contribution in [0.1, 0.15) is 22.8 Å². The quantitative estimate of drug-likeness (QED) is 0.575. The lowest BCUT2D eigenvalue weighted by atomic mass is 10.0. The third kappa shape index (κ3) is 2.21. The second-order valence-corrected chi connectivity index (χ2v) is 3.41. The van der Waals surface area contributed by atoms with Gasteiger partial charge in [0.15, 0.2) is 5.78 Å². The molecule has 0 amide bonds. The molecule has 0 saturated heterocycles. The summed E-state index contributed by atoms with van der Waals surface area (Å²) in [6.45, 7) is 3.07. The van der Waals surface area contributed by atoms with Gasteiger partial charge in [-0.05, 0) is 24.6 Å². The summed E-state index contributed by atoms with van der Waals surface area (Å²) < 4.78 is 10.2. The summed E-state index contributed by atoms with van der Waals surface area (Å²) in [6, 6.07) is 3.20. The van der Waals surface area contributed by atoms with Gasteiger partial charge in [0.05, 0.1) is 19.8 Å². The van der Waals surface area contributed by atoms with Crippen LogP contribution in [-0.4, -0.2) is 25.8 Å². The molecule has 1 aromatic carbocycles. The molecule has 0 aromatic heterocycles. The van der Waals surface area contributed by atoms with Crippen molar-refractivity contribution in [2.45, 2.75) is 13.8 Å². The lowest BCUT2D eigenvalue weighted by molar-refractivity contribution is -0.113. The number of ketones is 2. The van der Waals surface area contributed by atoms with Crippen molar-refractivity contribution < 1.29 is 19.1 Å². The fourth-order valence-corrected chi connectivity index (χ4v) is 1.42. The zero-order chi connectivity index (χ0) is 12.3. The van der Waals surface area contributed by atoms with Crippen LogP contribution in [0, 0.1) is 6.92 Å². The molecule has 0 aliphatic rings. The van der Waals surface area contributed by atoms with E-state index in [0.717, 1.165) is 5.56 Å². The Bertz CT molecular complexity index is 435. The summed E-state index contributed by atoms with van der Waals surface area (Å²) in [4.78, 5) is 22.7. The van der Waals surface area contributed by atoms with Crippen molar-refractivity contribution in [3.8, 4) is 11.5 Å². The van der Waals surface area contributed by atoms with Crippen molar-refractivity contribution in [3.63, 3.8) is 0 Å². The Kier molecular flexibility index (Phi) is 3.66. The molecule has 0 spiro atoms. The summed E-state index contributed by atoms with van der Waals surface area (Å²) in [5, 5.41) is 0. The van der Waals surface area contributed by atoms with Crippen molar-refractivity contribution in [3.05, 3.63) is 23.3 Å². The smallest absolute Gasteiger partial charge is 0.232 e. The molecule has 0 atom stereocenters. The van der Waals surface area contributed by atoms with Gasteiger partial charge in [0.25, 0.3) is 0 Å². The average molecular weight is 222 g/mol. The first-order valence-electron chi connectivity index (χ1n) is 4.79. The molecular formula is C12H14O4. The van der Waals surface area contributed by atoms with E-state index in [9.17, 15) is 9.59 Å². The van der Waals surface area contributed by atoms with Crippen LogP contribution in [0.4, 0.5) is 0 Å². The van der Waals surface area contributed by atoms with E-state index in [1.165, 1.54) is 27.2 Å². The summed E-state index contributed by atoms with van der Waals surface area (Å²) >= 11 is 0. The van der Waals surface area contributed by atoms with E-state index in [0.29, 0.717) is 11.5 Å². The summed E-state index contributed by atoms with van der Waals surface area (Å²) in [5.41, 5.74) is 1.08. The monoisotopic (exact) mass is 222 g/mol. The molecule has 0 radical (unpaired) electrons. The molecule has 86 valence electrons. The van der Waals surface area contributed by atoms with E-state index in [1.807, 2.05) is 6.92 Å². The van der Waals surface area contributed by atoms with Crippen LogP contribution < -0.4 is 9.47 Å². The van der Waals surface area contributed by atoms with Crippen LogP contribution >= 0.6 is 0 Å². The van der Waals surface area contributed by atoms with Gasteiger partial charge in [0.2, 0.25) is 5.78 Å². The Morgan fingerprint density at radius 3 is 2.06 bits per heavy atom. The van der Waals surface area contributed by atoms with E-state index in [4.69, 9.17) is 9.47 Å². The predicted molar refractivity (Wildman–Crippen MR) is 59.3 cm³/mol. The maximum atomic E-state index is 11.6. The first kappa shape index (κ1) is 12.2. The second kappa shape index (κ2) is 4.79. The maximum absolute atomic E-state index is 11.6. The highest BCUT2D eigenvalue weighted by Crippen LogP contribution is 2.28. The van der Waals surface area contributed by atoms with Crippen LogP contribution in [0.15, 0.2) is 12.1 Å². The number of aryl methyl sites for hydroxylation is 1. The number of hydrogen-bond acceptors (Lipinski definition) is 4. The average Bonchev–Trinajstić information content (AvgIpc) is 2.27. The molecule has 0 unspecified atom stereocenters. The highest BCUT2D eigenvalue weighted by atomic mass is 16.5. The van der Waals surface area contributed by atoms with E-state index >= 15 is 0 Å². The van der Waals surface area contributed by atoms with Crippen molar-refractivity contribution in [2.24, 2.45) is 0 Å². The molecular weight excluding hydrogens is 208 g/mol. The van der Waals surface area contributed by atoms with Crippen LogP contribution in [0.2, 0.25) is 0 Å². The minimum atomic E-state index is -0.574. The van der Waals surface area contributed by atoms with Gasteiger partial charge >= 0.3 is 0 Å². The molecule has 4 heteroatoms. The normalized spacial score (nSPS) is 9.75. The molecule has 0 heterocycles. The number of rotatable bonds is 4. The maximum Gasteiger partial charge on any atom is 0.232 e. The highest BCUT2D eigenvalue weighted by molar-refractivity contribution is 6.43. The van der Waals surface area contributed by atoms with Crippen LogP contribution in [0.25, 0.3) is 0 Å². The molecule has 1 aromatic rings. The number of Topliss-reactive ketones (excluding diaryl/α,β-unsaturated/α-hetero) is 2. The third-order valence-corrected chi connectivity index (χ3v) is 2.28. The van der Waals surface area contributed by atoms with Gasteiger partial charge in [-0.3, -0.25) is 9.59 Å². The SMILES string of the molecule is COc1cc(C(=O)C(C)=O)c(OC)cc1C. The van der Waals surface area contributed by atoms with Gasteiger partial charge in [-0.15, -0.1) is 0 Å². The first-order valence-corrected chi connectivity index (χ1v) is 4.79. The molecule has 1 rings (SSSR count). The zero-order valence-electron chi connectivity index (χ0n) is 9.79. The Balaban J connectivity index is 3.35. The minimum absolute atomic E-state index is 0.234. The van der Waals surface area contributed by atoms with E-state index in [2.05, 4.69) is 0 Å². The van der Waals surface area contributed by atoms with Crippen LogP contribution in [-0.2, 0) is 4.79 Å². The fourth-order valence-electron chi connectivity index (χ4n) is 1.42. The van der Waals surface area contributed by atoms with Gasteiger partial charge in [-0.25, -0.2) is 0 Å². The number of benzene rings is 1. The van der Waals surface area contributed by atoms with Crippen LogP contribution in [0.5, 0.6) is 11.5 Å². The van der Waals surface area contributed by atoms with Gasteiger partial charge in [-0.2, -0.15) is 0 Å². The molecule has 0 fully saturated rings. The van der Waals surface area contributed by atoms with Gasteiger partial charge in [0, 0.05) is 6.92 Å². The number of methoxy groups -OCH3 is 2. The third-order valence-electron chi connectivity index (χ3n) is 2.28. The molecule has 0 saturated carbocycles. The van der Waals surface area contributed by atoms with Crippen molar-refractivity contribution >= 4 is 11.6 Å². The largest absolute Gasteiger partial charge is 0.496 e. The molecule has 0 aliphatic carbocycles. The van der Waals surface area contributed by atoms with Crippen molar-refractivity contribution in [2.75, 3.05) is 14.2 Å². The Morgan fingerprint density at radius 2 is 1.62 bits per heavy atom. The Labute approximate surface area is 94.2 Å². The number of carbonyl (C=O) groups excluding carboxylic acids is 2. The minimum Gasteiger partial charge on any atom is -0.496 e. The van der Waals surface area contributed by atoms with Crippen molar-refractivity contribution in [1.29, 1.82) is 0 Å². The summed E-state index contributed by atoms with van der Waals surface area (Å²) in [7, 11) is 2.97. The Morgan fingerprint density at radius 1 is 1.06 bits per heavy atom. The van der Waals surface area contributed by atoms with Gasteiger partial charge in [0.1, 0.15) is 11.5 Å². The van der Waals surface area contributed by atoms with Crippen molar-refractivity contribution in [1.82, 2.24) is 0 Å². The summed E-state index contributed by atoms with van der Waals surface area (Å²) in [5.74, 6) is -0.150. The molecule has 4 nitrogen and oxygen atoms in total. The van der Waals surface area contributed by atoms with Crippen LogP contribution in [0.3, 0.4) is 0 Å². The standard InChI is InChI=1S/C12H14O4/c1-7-5-11(16-4)9(6-10(7)15-3)12(14)8(2)13/h5-6H,1-4H3. The molecule has 0 aliphatic heterocycles. The molecule has 16 heavy (non-hydrogen) atoms. The van der Waals surface area contributed by atoms with E-state index < -0.39 is 11.6 Å².